The number of unbranched alkanes of at least 4 members (excludes halogenated alkanes) is 2. The van der Waals surface area contributed by atoms with E-state index in [4.69, 9.17) is 30.1 Å². The number of rotatable bonds is 38. The summed E-state index contributed by atoms with van der Waals surface area (Å²) < 4.78 is 22.7. The molecule has 3 saturated heterocycles. The fourth-order valence-electron chi connectivity index (χ4n) is 9.36. The van der Waals surface area contributed by atoms with E-state index in [0.29, 0.717) is 133 Å². The molecule has 6 rings (SSSR count). The summed E-state index contributed by atoms with van der Waals surface area (Å²) in [5.41, 5.74) is 7.54. The topological polar surface area (TPSA) is 280 Å². The average Bonchev–Trinajstić information content (AvgIpc) is 4.01. The number of hydrogen-bond donors (Lipinski definition) is 9. The third kappa shape index (κ3) is 22.5. The number of likely N-dealkylation sites (N-methyl/N-ethyl adjacent to an activating group) is 1. The van der Waals surface area contributed by atoms with Gasteiger partial charge in [0.15, 0.2) is 0 Å². The van der Waals surface area contributed by atoms with Gasteiger partial charge in [-0.1, -0.05) is 30.7 Å². The highest BCUT2D eigenvalue weighted by atomic mass is 32.2. The van der Waals surface area contributed by atoms with Crippen LogP contribution in [0.25, 0.3) is 0 Å². The number of nitrogens with two attached hydrogens (primary N) is 1. The van der Waals surface area contributed by atoms with Gasteiger partial charge >= 0.3 is 6.03 Å². The van der Waals surface area contributed by atoms with Crippen molar-refractivity contribution in [1.82, 2.24) is 46.4 Å². The number of thioether (sulfide) groups is 1. The second-order valence-corrected chi connectivity index (χ2v) is 21.2. The van der Waals surface area contributed by atoms with Crippen LogP contribution in [0.3, 0.4) is 0 Å². The van der Waals surface area contributed by atoms with Gasteiger partial charge in [-0.05, 0) is 121 Å². The van der Waals surface area contributed by atoms with E-state index < -0.39 is 6.23 Å². The van der Waals surface area contributed by atoms with Crippen LogP contribution >= 0.6 is 11.8 Å². The summed E-state index contributed by atoms with van der Waals surface area (Å²) in [5, 5.41) is 38.2. The number of nitrogen functional groups attached to an aromatic ring is 1. The Morgan fingerprint density at radius 2 is 1.56 bits per heavy atom. The predicted octanol–water partition coefficient (Wildman–Crippen LogP) is 4.80. The van der Waals surface area contributed by atoms with E-state index in [9.17, 15) is 24.3 Å². The summed E-state index contributed by atoms with van der Waals surface area (Å²) in [6, 6.07) is 17.0. The number of anilines is 2. The van der Waals surface area contributed by atoms with Crippen LogP contribution in [0.15, 0.2) is 73.1 Å². The molecule has 5 amide bonds. The van der Waals surface area contributed by atoms with Crippen LogP contribution in [0.5, 0.6) is 11.5 Å². The number of urea groups is 1. The number of piperidine rings is 1. The number of nitrogens with zero attached hydrogens (tertiary/aromatic N) is 4. The highest BCUT2D eigenvalue weighted by Crippen LogP contribution is 2.33. The molecule has 5 atom stereocenters. The first kappa shape index (κ1) is 61.3. The molecule has 2 aromatic carbocycles. The summed E-state index contributed by atoms with van der Waals surface area (Å²) in [4.78, 5) is 61.9. The van der Waals surface area contributed by atoms with Crippen molar-refractivity contribution in [2.24, 2.45) is 0 Å². The van der Waals surface area contributed by atoms with Crippen LogP contribution in [0.2, 0.25) is 0 Å². The second kappa shape index (κ2) is 34.9. The van der Waals surface area contributed by atoms with Crippen molar-refractivity contribution in [1.29, 1.82) is 5.41 Å². The van der Waals surface area contributed by atoms with Gasteiger partial charge < -0.3 is 66.2 Å². The fourth-order valence-corrected chi connectivity index (χ4v) is 10.9. The summed E-state index contributed by atoms with van der Waals surface area (Å²) in [6.45, 7) is 7.33. The minimum absolute atomic E-state index is 0.0243. The summed E-state index contributed by atoms with van der Waals surface area (Å²) in [6.07, 6.45) is 13.8. The van der Waals surface area contributed by atoms with Crippen molar-refractivity contribution < 1.29 is 43.2 Å². The number of fused-ring (bicyclic) bond motifs is 1. The van der Waals surface area contributed by atoms with Crippen LogP contribution in [0.4, 0.5) is 16.4 Å². The lowest BCUT2D eigenvalue weighted by atomic mass is 10.0. The molecule has 1 aromatic heterocycles. The quantitative estimate of drug-likeness (QED) is 0.0122. The van der Waals surface area contributed by atoms with Gasteiger partial charge in [0, 0.05) is 87.5 Å². The number of ether oxygens (including phenoxy) is 4. The van der Waals surface area contributed by atoms with Gasteiger partial charge in [-0.3, -0.25) is 25.1 Å². The van der Waals surface area contributed by atoms with Crippen LogP contribution in [-0.2, 0) is 28.6 Å². The molecule has 0 spiro atoms. The molecule has 10 N–H and O–H groups in total. The molecule has 5 unspecified atom stereocenters. The lowest BCUT2D eigenvalue weighted by molar-refractivity contribution is -0.127. The molecule has 21 nitrogen and oxygen atoms in total. The van der Waals surface area contributed by atoms with E-state index in [1.807, 2.05) is 84.4 Å². The molecular weight excluding hydrogens is 1020 g/mol. The number of para-hydroxylation sites is 1. The van der Waals surface area contributed by atoms with E-state index >= 15 is 0 Å². The van der Waals surface area contributed by atoms with Crippen molar-refractivity contribution in [2.75, 3.05) is 109 Å². The van der Waals surface area contributed by atoms with Crippen molar-refractivity contribution in [2.45, 2.75) is 113 Å². The molecule has 0 aliphatic carbocycles. The number of carbonyl (C=O) groups is 4. The number of benzene rings is 2. The van der Waals surface area contributed by atoms with Crippen molar-refractivity contribution in [3.05, 3.63) is 84.2 Å². The van der Waals surface area contributed by atoms with E-state index in [-0.39, 0.29) is 53.4 Å². The smallest absolute Gasteiger partial charge is 0.315 e. The molecule has 3 fully saturated rings. The minimum atomic E-state index is -0.683. The number of hydrogen-bond acceptors (Lipinski definition) is 17. The van der Waals surface area contributed by atoms with Crippen LogP contribution in [0.1, 0.15) is 94.6 Å². The molecule has 3 aliphatic rings. The zero-order chi connectivity index (χ0) is 55.2. The molecule has 3 aromatic rings. The monoisotopic (exact) mass is 1100 g/mol. The first-order chi connectivity index (χ1) is 38.0. The molecular formula is C56H84N12O9S. The number of amides is 5. The van der Waals surface area contributed by atoms with E-state index in [0.717, 1.165) is 75.8 Å². The standard InChI is InChI=1S/C56H84N12O9S/c1-67(30-11-21-50(72)68-31-10-14-42(38-68)64-55-51(54(58)62-40-63-55)52(57)41-22-24-44(25-23-41)77-43-15-3-2-4-16-43)29-8-7-26-59-48(70)19-9-20-49(71)61-28-13-33-75-35-37-76-36-34-74-32-12-27-60-47(69)18-6-5-17-46-53-45(39-78-46)65-56(73)66-53/h2-4,11,15-16,21-25,40,42,45-46,49,53,57,61,71H,5-10,12-14,17-20,26-39H2,1H3,(H,59,70)(H,60,69)(H2,65,66,73)(H3,58,62,63,64). The van der Waals surface area contributed by atoms with Crippen LogP contribution < -0.4 is 42.4 Å². The lowest BCUT2D eigenvalue weighted by Crippen LogP contribution is -2.45. The lowest BCUT2D eigenvalue weighted by Gasteiger charge is -2.33. The maximum Gasteiger partial charge on any atom is 0.315 e. The molecule has 428 valence electrons. The first-order valence-corrected chi connectivity index (χ1v) is 28.9. The molecule has 0 bridgehead atoms. The maximum absolute atomic E-state index is 13.2. The van der Waals surface area contributed by atoms with E-state index in [1.165, 1.54) is 6.33 Å². The Labute approximate surface area is 464 Å². The summed E-state index contributed by atoms with van der Waals surface area (Å²) >= 11 is 1.90. The Kier molecular flexibility index (Phi) is 27.4. The van der Waals surface area contributed by atoms with Gasteiger partial charge in [-0.2, -0.15) is 11.8 Å². The number of aromatic nitrogens is 2. The summed E-state index contributed by atoms with van der Waals surface area (Å²) in [7, 11) is 2.01. The molecule has 22 heteroatoms. The number of nitrogens with one attached hydrogen (secondary N) is 7. The number of likely N-dealkylation sites (tertiary alicyclic amines) is 1. The van der Waals surface area contributed by atoms with Gasteiger partial charge in [0.1, 0.15) is 35.7 Å². The van der Waals surface area contributed by atoms with Gasteiger partial charge in [0.25, 0.3) is 0 Å². The van der Waals surface area contributed by atoms with Crippen molar-refractivity contribution in [3.8, 4) is 11.5 Å². The fraction of sp³-hybridized carbons (Fsp3) is 0.589. The minimum Gasteiger partial charge on any atom is -0.457 e. The first-order valence-electron chi connectivity index (χ1n) is 27.8. The van der Waals surface area contributed by atoms with E-state index in [1.54, 1.807) is 6.08 Å². The van der Waals surface area contributed by atoms with Crippen LogP contribution in [-0.4, -0.2) is 182 Å². The van der Waals surface area contributed by atoms with Gasteiger partial charge in [-0.25, -0.2) is 14.8 Å². The molecule has 78 heavy (non-hydrogen) atoms. The molecule has 0 saturated carbocycles. The van der Waals surface area contributed by atoms with Gasteiger partial charge in [-0.15, -0.1) is 0 Å². The Balaban J connectivity index is 0.691. The van der Waals surface area contributed by atoms with Crippen molar-refractivity contribution >= 4 is 52.9 Å². The third-order valence-electron chi connectivity index (χ3n) is 13.6. The zero-order valence-electron chi connectivity index (χ0n) is 45.4. The van der Waals surface area contributed by atoms with Crippen molar-refractivity contribution in [3.63, 3.8) is 0 Å². The third-order valence-corrected chi connectivity index (χ3v) is 15.1. The Bertz CT molecular complexity index is 2320. The Morgan fingerprint density at radius 3 is 2.32 bits per heavy atom. The molecule has 4 heterocycles. The largest absolute Gasteiger partial charge is 0.457 e. The average molecular weight is 1100 g/mol. The molecule has 0 radical (unpaired) electrons. The SMILES string of the molecule is CN(CC=CC(=O)N1CCCC(Nc2ncnc(N)c2C(=N)c2ccc(Oc3ccccc3)cc2)C1)CCCCNC(=O)CCCC(O)NCCCOCCOCCOCCCNC(=O)CCCCC1SCC2NC(=O)NC21. The Hall–Kier alpha value is -5.88. The summed E-state index contributed by atoms with van der Waals surface area (Å²) in [5.74, 6) is 2.96. The zero-order valence-corrected chi connectivity index (χ0v) is 46.2. The van der Waals surface area contributed by atoms with Gasteiger partial charge in [0.2, 0.25) is 17.7 Å². The predicted molar refractivity (Wildman–Crippen MR) is 304 cm³/mol. The Morgan fingerprint density at radius 1 is 0.872 bits per heavy atom. The maximum atomic E-state index is 13.2. The van der Waals surface area contributed by atoms with E-state index in [2.05, 4.69) is 46.8 Å². The highest BCUT2D eigenvalue weighted by Gasteiger charge is 2.42. The van der Waals surface area contributed by atoms with Gasteiger partial charge in [0.05, 0.1) is 49.8 Å². The number of carbonyl (C=O) groups excluding carboxylic acids is 4. The highest BCUT2D eigenvalue weighted by molar-refractivity contribution is 8.00. The number of aliphatic hydroxyl groups excluding tert-OH is 1. The number of aliphatic hydroxyl groups is 1. The van der Waals surface area contributed by atoms with Crippen LogP contribution in [0, 0.1) is 5.41 Å². The normalized spacial score (nSPS) is 18.3. The molecule has 3 aliphatic heterocycles. The second-order valence-electron chi connectivity index (χ2n) is 19.9.